The maximum Gasteiger partial charge on any atom is 0.124 e. The number of benzene rings is 1. The molecule has 1 N–H and O–H groups in total. The lowest BCUT2D eigenvalue weighted by Gasteiger charge is -2.32. The molecule has 1 fully saturated rings. The number of hydrogen-bond donors (Lipinski definition) is 1. The van der Waals surface area contributed by atoms with E-state index in [2.05, 4.69) is 30.4 Å². The highest BCUT2D eigenvalue weighted by Crippen LogP contribution is 2.34. The van der Waals surface area contributed by atoms with Crippen LogP contribution in [0.4, 0.5) is 0 Å². The second-order valence-corrected chi connectivity index (χ2v) is 5.78. The minimum absolute atomic E-state index is 0.423. The molecular formula is C16H23NO2. The lowest BCUT2D eigenvalue weighted by molar-refractivity contribution is 0.177. The Hall–Kier alpha value is -1.06. The van der Waals surface area contributed by atoms with E-state index in [9.17, 15) is 0 Å². The normalized spacial score (nSPS) is 29.8. The van der Waals surface area contributed by atoms with Gasteiger partial charge in [0.25, 0.3) is 0 Å². The predicted octanol–water partition coefficient (Wildman–Crippen LogP) is 2.77. The summed E-state index contributed by atoms with van der Waals surface area (Å²) in [7, 11) is 0. The Bertz CT molecular complexity index is 415. The largest absolute Gasteiger partial charge is 0.493 e. The first kappa shape index (κ1) is 12.9. The van der Waals surface area contributed by atoms with Crippen LogP contribution in [0.2, 0.25) is 0 Å². The minimum atomic E-state index is 0.423. The Morgan fingerprint density at radius 3 is 3.00 bits per heavy atom. The van der Waals surface area contributed by atoms with Gasteiger partial charge in [-0.1, -0.05) is 25.1 Å². The van der Waals surface area contributed by atoms with Crippen molar-refractivity contribution in [1.82, 2.24) is 5.32 Å². The number of hydrogen-bond acceptors (Lipinski definition) is 3. The third kappa shape index (κ3) is 2.93. The van der Waals surface area contributed by atoms with Crippen molar-refractivity contribution in [2.75, 3.05) is 26.4 Å². The lowest BCUT2D eigenvalue weighted by atomic mass is 9.91. The molecule has 0 aliphatic carbocycles. The maximum atomic E-state index is 5.79. The predicted molar refractivity (Wildman–Crippen MR) is 75.4 cm³/mol. The van der Waals surface area contributed by atoms with Gasteiger partial charge in [-0.25, -0.2) is 0 Å². The lowest BCUT2D eigenvalue weighted by Crippen LogP contribution is -2.35. The standard InChI is InChI=1S/C16H23NO2/c1-12-10-19-15-5-3-2-4-14(15)16(12)17-8-6-13-7-9-18-11-13/h2-5,12-13,16-17H,6-11H2,1H3. The van der Waals surface area contributed by atoms with Gasteiger partial charge in [-0.05, 0) is 31.4 Å². The van der Waals surface area contributed by atoms with Gasteiger partial charge in [-0.2, -0.15) is 0 Å². The van der Waals surface area contributed by atoms with E-state index in [1.807, 2.05) is 6.07 Å². The molecule has 0 aromatic heterocycles. The summed E-state index contributed by atoms with van der Waals surface area (Å²) in [6.45, 7) is 6.02. The quantitative estimate of drug-likeness (QED) is 0.904. The van der Waals surface area contributed by atoms with Crippen LogP contribution in [0.5, 0.6) is 5.75 Å². The SMILES string of the molecule is CC1COc2ccccc2C1NCCC1CCOC1. The van der Waals surface area contributed by atoms with Crippen molar-refractivity contribution in [1.29, 1.82) is 0 Å². The Morgan fingerprint density at radius 1 is 1.26 bits per heavy atom. The second-order valence-electron chi connectivity index (χ2n) is 5.78. The molecule has 19 heavy (non-hydrogen) atoms. The van der Waals surface area contributed by atoms with Crippen molar-refractivity contribution in [2.24, 2.45) is 11.8 Å². The molecule has 1 aromatic rings. The molecule has 2 aliphatic heterocycles. The van der Waals surface area contributed by atoms with Crippen molar-refractivity contribution in [3.05, 3.63) is 29.8 Å². The molecule has 0 radical (unpaired) electrons. The topological polar surface area (TPSA) is 30.5 Å². The van der Waals surface area contributed by atoms with Crippen molar-refractivity contribution < 1.29 is 9.47 Å². The summed E-state index contributed by atoms with van der Waals surface area (Å²) >= 11 is 0. The van der Waals surface area contributed by atoms with E-state index in [0.717, 1.165) is 38.0 Å². The summed E-state index contributed by atoms with van der Waals surface area (Å²) < 4.78 is 11.2. The smallest absolute Gasteiger partial charge is 0.124 e. The molecule has 2 heterocycles. The zero-order valence-corrected chi connectivity index (χ0v) is 11.6. The van der Waals surface area contributed by atoms with E-state index in [0.29, 0.717) is 12.0 Å². The number of nitrogens with one attached hydrogen (secondary N) is 1. The fourth-order valence-corrected chi connectivity index (χ4v) is 3.06. The first-order valence-corrected chi connectivity index (χ1v) is 7.37. The zero-order chi connectivity index (χ0) is 13.1. The van der Waals surface area contributed by atoms with E-state index < -0.39 is 0 Å². The first-order valence-electron chi connectivity index (χ1n) is 7.37. The van der Waals surface area contributed by atoms with Crippen molar-refractivity contribution in [2.45, 2.75) is 25.8 Å². The van der Waals surface area contributed by atoms with Gasteiger partial charge in [0.05, 0.1) is 6.61 Å². The van der Waals surface area contributed by atoms with Crippen LogP contribution in [0, 0.1) is 11.8 Å². The fourth-order valence-electron chi connectivity index (χ4n) is 3.06. The van der Waals surface area contributed by atoms with Gasteiger partial charge in [0.1, 0.15) is 5.75 Å². The van der Waals surface area contributed by atoms with Gasteiger partial charge in [-0.15, -0.1) is 0 Å². The number of fused-ring (bicyclic) bond motifs is 1. The second kappa shape index (κ2) is 5.93. The molecule has 0 saturated carbocycles. The van der Waals surface area contributed by atoms with Gasteiger partial charge in [-0.3, -0.25) is 0 Å². The summed E-state index contributed by atoms with van der Waals surface area (Å²) in [6, 6.07) is 8.82. The van der Waals surface area contributed by atoms with Crippen LogP contribution in [-0.2, 0) is 4.74 Å². The summed E-state index contributed by atoms with van der Waals surface area (Å²) in [6.07, 6.45) is 2.44. The number of ether oxygens (including phenoxy) is 2. The van der Waals surface area contributed by atoms with Crippen LogP contribution in [0.25, 0.3) is 0 Å². The van der Waals surface area contributed by atoms with Crippen molar-refractivity contribution >= 4 is 0 Å². The van der Waals surface area contributed by atoms with Crippen LogP contribution in [0.3, 0.4) is 0 Å². The van der Waals surface area contributed by atoms with Crippen LogP contribution in [0.15, 0.2) is 24.3 Å². The Morgan fingerprint density at radius 2 is 2.16 bits per heavy atom. The van der Waals surface area contributed by atoms with Gasteiger partial charge in [0.15, 0.2) is 0 Å². The van der Waals surface area contributed by atoms with Crippen LogP contribution < -0.4 is 10.1 Å². The van der Waals surface area contributed by atoms with Crippen molar-refractivity contribution in [3.63, 3.8) is 0 Å². The van der Waals surface area contributed by atoms with E-state index in [1.165, 1.54) is 18.4 Å². The minimum Gasteiger partial charge on any atom is -0.493 e. The zero-order valence-electron chi connectivity index (χ0n) is 11.6. The molecule has 3 heteroatoms. The monoisotopic (exact) mass is 261 g/mol. The Labute approximate surface area is 115 Å². The number of para-hydroxylation sites is 1. The molecule has 3 rings (SSSR count). The summed E-state index contributed by atoms with van der Waals surface area (Å²) in [4.78, 5) is 0. The molecule has 0 amide bonds. The van der Waals surface area contributed by atoms with Crippen LogP contribution in [0.1, 0.15) is 31.4 Å². The van der Waals surface area contributed by atoms with Gasteiger partial charge >= 0.3 is 0 Å². The van der Waals surface area contributed by atoms with E-state index in [-0.39, 0.29) is 0 Å². The van der Waals surface area contributed by atoms with Gasteiger partial charge in [0.2, 0.25) is 0 Å². The highest BCUT2D eigenvalue weighted by atomic mass is 16.5. The molecule has 0 spiro atoms. The summed E-state index contributed by atoms with van der Waals surface area (Å²) in [5.74, 6) is 2.31. The fraction of sp³-hybridized carbons (Fsp3) is 0.625. The molecule has 3 atom stereocenters. The van der Waals surface area contributed by atoms with E-state index in [1.54, 1.807) is 0 Å². The van der Waals surface area contributed by atoms with Gasteiger partial charge in [0, 0.05) is 30.7 Å². The molecule has 1 aromatic carbocycles. The maximum absolute atomic E-state index is 5.79. The molecular weight excluding hydrogens is 238 g/mol. The number of rotatable bonds is 4. The molecule has 3 nitrogen and oxygen atoms in total. The molecule has 2 aliphatic rings. The van der Waals surface area contributed by atoms with Crippen LogP contribution >= 0.6 is 0 Å². The average Bonchev–Trinajstić information content (AvgIpc) is 2.94. The molecule has 0 bridgehead atoms. The Balaban J connectivity index is 1.59. The average molecular weight is 261 g/mol. The molecule has 3 unspecified atom stereocenters. The molecule has 104 valence electrons. The highest BCUT2D eigenvalue weighted by Gasteiger charge is 2.27. The highest BCUT2D eigenvalue weighted by molar-refractivity contribution is 5.37. The summed E-state index contributed by atoms with van der Waals surface area (Å²) in [5, 5.41) is 3.72. The summed E-state index contributed by atoms with van der Waals surface area (Å²) in [5.41, 5.74) is 1.31. The van der Waals surface area contributed by atoms with Crippen LogP contribution in [-0.4, -0.2) is 26.4 Å². The third-order valence-corrected chi connectivity index (χ3v) is 4.27. The Kier molecular flexibility index (Phi) is 4.04. The van der Waals surface area contributed by atoms with Crippen molar-refractivity contribution in [3.8, 4) is 5.75 Å². The van der Waals surface area contributed by atoms with Gasteiger partial charge < -0.3 is 14.8 Å². The first-order chi connectivity index (χ1) is 9.34. The van der Waals surface area contributed by atoms with E-state index in [4.69, 9.17) is 9.47 Å². The van der Waals surface area contributed by atoms with E-state index >= 15 is 0 Å². The third-order valence-electron chi connectivity index (χ3n) is 4.27. The molecule has 1 saturated heterocycles.